The second kappa shape index (κ2) is 4.91. The summed E-state index contributed by atoms with van der Waals surface area (Å²) in [6, 6.07) is 3.05. The summed E-state index contributed by atoms with van der Waals surface area (Å²) < 4.78 is 0. The number of hydrogen-bond acceptors (Lipinski definition) is 4. The lowest BCUT2D eigenvalue weighted by molar-refractivity contribution is -0.107. The zero-order valence-electron chi connectivity index (χ0n) is 7.86. The first-order valence-corrected chi connectivity index (χ1v) is 5.29. The van der Waals surface area contributed by atoms with Crippen LogP contribution in [0.4, 0.5) is 0 Å². The third kappa shape index (κ3) is 2.20. The van der Waals surface area contributed by atoms with Gasteiger partial charge in [0.1, 0.15) is 17.8 Å². The lowest BCUT2D eigenvalue weighted by Crippen LogP contribution is -1.89. The van der Waals surface area contributed by atoms with Crippen LogP contribution in [0.25, 0.3) is 0 Å². The number of benzene rings is 1. The van der Waals surface area contributed by atoms with Crippen LogP contribution in [0.5, 0.6) is 11.5 Å². The third-order valence-corrected chi connectivity index (χ3v) is 2.77. The van der Waals surface area contributed by atoms with Crippen LogP contribution < -0.4 is 0 Å². The fourth-order valence-corrected chi connectivity index (χ4v) is 1.91. The number of phenolic OH excluding ortho intramolecular Hbond substituents is 2. The molecule has 0 heterocycles. The second-order valence-corrected chi connectivity index (χ2v) is 4.00. The molecule has 0 spiro atoms. The minimum Gasteiger partial charge on any atom is -0.507 e. The summed E-state index contributed by atoms with van der Waals surface area (Å²) in [5, 5.41) is 19.1. The van der Waals surface area contributed by atoms with Crippen LogP contribution in [0.1, 0.15) is 12.5 Å². The Morgan fingerprint density at radius 3 is 2.71 bits per heavy atom. The molecular weight excluding hydrogens is 200 g/mol. The molecule has 0 aromatic heterocycles. The zero-order valence-corrected chi connectivity index (χ0v) is 8.67. The number of rotatable bonds is 4. The number of aldehydes is 1. The Labute approximate surface area is 86.8 Å². The topological polar surface area (TPSA) is 57.5 Å². The quantitative estimate of drug-likeness (QED) is 0.591. The van der Waals surface area contributed by atoms with Crippen molar-refractivity contribution in [3.05, 3.63) is 17.7 Å². The molecule has 0 amide bonds. The van der Waals surface area contributed by atoms with Crippen molar-refractivity contribution in [3.8, 4) is 11.5 Å². The lowest BCUT2D eigenvalue weighted by Gasteiger charge is -2.08. The number of phenols is 2. The highest BCUT2D eigenvalue weighted by Crippen LogP contribution is 2.38. The van der Waals surface area contributed by atoms with E-state index < -0.39 is 0 Å². The first-order valence-electron chi connectivity index (χ1n) is 4.31. The molecule has 0 aliphatic heterocycles. The summed E-state index contributed by atoms with van der Waals surface area (Å²) in [5.74, 6) is 0.832. The molecule has 0 bridgehead atoms. The van der Waals surface area contributed by atoms with Gasteiger partial charge in [0.15, 0.2) is 0 Å². The van der Waals surface area contributed by atoms with Gasteiger partial charge in [0.25, 0.3) is 0 Å². The molecule has 0 saturated carbocycles. The predicted octanol–water partition coefficient (Wildman–Crippen LogP) is 1.95. The van der Waals surface area contributed by atoms with E-state index in [2.05, 4.69) is 0 Å². The largest absolute Gasteiger partial charge is 0.507 e. The molecule has 1 aromatic rings. The van der Waals surface area contributed by atoms with Gasteiger partial charge in [-0.2, -0.15) is 0 Å². The minimum absolute atomic E-state index is 0.0175. The van der Waals surface area contributed by atoms with Crippen LogP contribution >= 0.6 is 11.8 Å². The molecule has 0 saturated heterocycles. The number of hydrogen-bond donors (Lipinski definition) is 2. The number of aromatic hydroxyl groups is 2. The molecule has 4 heteroatoms. The SMILES string of the molecule is CCSc1c(O)ccc(CC=O)c1O. The zero-order chi connectivity index (χ0) is 10.6. The van der Waals surface area contributed by atoms with Crippen molar-refractivity contribution in [3.63, 3.8) is 0 Å². The van der Waals surface area contributed by atoms with Crippen LogP contribution in [0, 0.1) is 0 Å². The van der Waals surface area contributed by atoms with Crippen molar-refractivity contribution in [2.24, 2.45) is 0 Å². The highest BCUT2D eigenvalue weighted by Gasteiger charge is 2.11. The smallest absolute Gasteiger partial charge is 0.136 e. The van der Waals surface area contributed by atoms with Crippen molar-refractivity contribution in [1.82, 2.24) is 0 Å². The molecule has 14 heavy (non-hydrogen) atoms. The van der Waals surface area contributed by atoms with E-state index in [1.54, 1.807) is 6.07 Å². The Kier molecular flexibility index (Phi) is 3.83. The van der Waals surface area contributed by atoms with Gasteiger partial charge in [-0.3, -0.25) is 0 Å². The van der Waals surface area contributed by atoms with E-state index >= 15 is 0 Å². The Bertz CT molecular complexity index is 336. The average molecular weight is 212 g/mol. The summed E-state index contributed by atoms with van der Waals surface area (Å²) >= 11 is 1.35. The average Bonchev–Trinajstić information content (AvgIpc) is 2.17. The van der Waals surface area contributed by atoms with Crippen molar-refractivity contribution < 1.29 is 15.0 Å². The number of thioether (sulfide) groups is 1. The standard InChI is InChI=1S/C10H12O3S/c1-2-14-10-8(12)4-3-7(5-6-11)9(10)13/h3-4,6,12-13H,2,5H2,1H3. The van der Waals surface area contributed by atoms with Crippen molar-refractivity contribution >= 4 is 18.0 Å². The maximum Gasteiger partial charge on any atom is 0.136 e. The number of carbonyl (C=O) groups excluding carboxylic acids is 1. The van der Waals surface area contributed by atoms with Crippen molar-refractivity contribution in [1.29, 1.82) is 0 Å². The molecule has 3 nitrogen and oxygen atoms in total. The first kappa shape index (κ1) is 10.9. The molecule has 0 fully saturated rings. The summed E-state index contributed by atoms with van der Waals surface area (Å²) in [4.78, 5) is 10.8. The molecule has 0 aliphatic rings. The van der Waals surface area contributed by atoms with Crippen molar-refractivity contribution in [2.45, 2.75) is 18.2 Å². The van der Waals surface area contributed by atoms with Gasteiger partial charge in [0, 0.05) is 12.0 Å². The van der Waals surface area contributed by atoms with Crippen LogP contribution in [0.3, 0.4) is 0 Å². The normalized spacial score (nSPS) is 10.1. The first-order chi connectivity index (χ1) is 6.70. The molecule has 1 aromatic carbocycles. The van der Waals surface area contributed by atoms with E-state index in [0.29, 0.717) is 10.5 Å². The van der Waals surface area contributed by atoms with E-state index in [9.17, 15) is 15.0 Å². The van der Waals surface area contributed by atoms with Crippen LogP contribution in [-0.4, -0.2) is 22.3 Å². The molecule has 76 valence electrons. The second-order valence-electron chi connectivity index (χ2n) is 2.73. The summed E-state index contributed by atoms with van der Waals surface area (Å²) in [7, 11) is 0. The number of carbonyl (C=O) groups is 1. The summed E-state index contributed by atoms with van der Waals surface area (Å²) in [6.07, 6.45) is 0.899. The van der Waals surface area contributed by atoms with E-state index in [4.69, 9.17) is 0 Å². The van der Waals surface area contributed by atoms with Gasteiger partial charge in [-0.15, -0.1) is 11.8 Å². The third-order valence-electron chi connectivity index (χ3n) is 1.79. The van der Waals surface area contributed by atoms with Gasteiger partial charge in [0.2, 0.25) is 0 Å². The Hall–Kier alpha value is -1.16. The fraction of sp³-hybridized carbons (Fsp3) is 0.300. The Balaban J connectivity index is 3.11. The van der Waals surface area contributed by atoms with E-state index in [1.165, 1.54) is 17.8 Å². The fourth-order valence-electron chi connectivity index (χ4n) is 1.14. The van der Waals surface area contributed by atoms with Gasteiger partial charge in [-0.05, 0) is 11.8 Å². The van der Waals surface area contributed by atoms with Gasteiger partial charge in [-0.1, -0.05) is 13.0 Å². The van der Waals surface area contributed by atoms with E-state index in [-0.39, 0.29) is 17.9 Å². The van der Waals surface area contributed by atoms with Gasteiger partial charge >= 0.3 is 0 Å². The van der Waals surface area contributed by atoms with Gasteiger partial charge in [-0.25, -0.2) is 0 Å². The predicted molar refractivity (Wildman–Crippen MR) is 55.9 cm³/mol. The highest BCUT2D eigenvalue weighted by atomic mass is 32.2. The maximum atomic E-state index is 10.3. The van der Waals surface area contributed by atoms with Crippen LogP contribution in [0.15, 0.2) is 17.0 Å². The monoisotopic (exact) mass is 212 g/mol. The van der Waals surface area contributed by atoms with E-state index in [0.717, 1.165) is 12.0 Å². The molecule has 0 unspecified atom stereocenters. The van der Waals surface area contributed by atoms with Crippen LogP contribution in [-0.2, 0) is 11.2 Å². The molecule has 0 radical (unpaired) electrons. The maximum absolute atomic E-state index is 10.3. The molecule has 0 aliphatic carbocycles. The Morgan fingerprint density at radius 1 is 1.43 bits per heavy atom. The van der Waals surface area contributed by atoms with E-state index in [1.807, 2.05) is 6.92 Å². The Morgan fingerprint density at radius 2 is 2.14 bits per heavy atom. The summed E-state index contributed by atoms with van der Waals surface area (Å²) in [5.41, 5.74) is 0.550. The lowest BCUT2D eigenvalue weighted by atomic mass is 10.1. The molecule has 0 atom stereocenters. The minimum atomic E-state index is 0.0175. The molecule has 2 N–H and O–H groups in total. The molecule has 1 rings (SSSR count). The van der Waals surface area contributed by atoms with Gasteiger partial charge in [0.05, 0.1) is 4.90 Å². The van der Waals surface area contributed by atoms with Crippen molar-refractivity contribution in [2.75, 3.05) is 5.75 Å². The molecular formula is C10H12O3S. The summed E-state index contributed by atoms with van der Waals surface area (Å²) in [6.45, 7) is 1.93. The highest BCUT2D eigenvalue weighted by molar-refractivity contribution is 7.99. The van der Waals surface area contributed by atoms with Crippen LogP contribution in [0.2, 0.25) is 0 Å². The van der Waals surface area contributed by atoms with Gasteiger partial charge < -0.3 is 15.0 Å².